The molecule has 0 unspecified atom stereocenters. The van der Waals surface area contributed by atoms with Crippen molar-refractivity contribution in [3.63, 3.8) is 0 Å². The molecule has 2 nitrogen and oxygen atoms in total. The van der Waals surface area contributed by atoms with Gasteiger partial charge in [0.05, 0.1) is 5.69 Å². The SMILES string of the molecule is CC.CC(C)(C)C.CC(C)(C)C.CC(C)(C)c1cnccn1. The third-order valence-electron chi connectivity index (χ3n) is 1.33. The second-order valence-electron chi connectivity index (χ2n) is 9.34. The van der Waals surface area contributed by atoms with E-state index in [1.807, 2.05) is 13.8 Å². The summed E-state index contributed by atoms with van der Waals surface area (Å²) >= 11 is 0. The van der Waals surface area contributed by atoms with Crippen LogP contribution in [-0.4, -0.2) is 9.97 Å². The number of nitrogens with zero attached hydrogens (tertiary/aromatic N) is 2. The van der Waals surface area contributed by atoms with E-state index in [0.717, 1.165) is 5.69 Å². The van der Waals surface area contributed by atoms with Gasteiger partial charge in [-0.25, -0.2) is 0 Å². The summed E-state index contributed by atoms with van der Waals surface area (Å²) in [6.07, 6.45) is 5.22. The van der Waals surface area contributed by atoms with Crippen molar-refractivity contribution in [1.82, 2.24) is 9.97 Å². The quantitative estimate of drug-likeness (QED) is 0.520. The van der Waals surface area contributed by atoms with Crippen LogP contribution in [0.5, 0.6) is 0 Å². The van der Waals surface area contributed by atoms with Crippen molar-refractivity contribution in [3.05, 3.63) is 24.3 Å². The van der Waals surface area contributed by atoms with Crippen molar-refractivity contribution in [3.8, 4) is 0 Å². The Bertz CT molecular complexity index is 311. The fourth-order valence-corrected chi connectivity index (χ4v) is 0.686. The minimum atomic E-state index is 0.119. The van der Waals surface area contributed by atoms with Crippen molar-refractivity contribution < 1.29 is 0 Å². The molecule has 0 spiro atoms. The van der Waals surface area contributed by atoms with Gasteiger partial charge in [-0.15, -0.1) is 0 Å². The van der Waals surface area contributed by atoms with E-state index in [-0.39, 0.29) is 5.41 Å². The molecule has 2 heteroatoms. The van der Waals surface area contributed by atoms with Gasteiger partial charge in [-0.3, -0.25) is 9.97 Å². The predicted octanol–water partition coefficient (Wildman–Crippen LogP) is 6.91. The lowest BCUT2D eigenvalue weighted by Crippen LogP contribution is -2.13. The summed E-state index contributed by atoms with van der Waals surface area (Å²) in [5.41, 5.74) is 2.16. The van der Waals surface area contributed by atoms with Crippen LogP contribution in [0.4, 0.5) is 0 Å². The molecule has 1 rings (SSSR count). The van der Waals surface area contributed by atoms with Gasteiger partial charge in [-0.05, 0) is 10.8 Å². The van der Waals surface area contributed by atoms with E-state index >= 15 is 0 Å². The molecule has 0 aliphatic rings. The second kappa shape index (κ2) is 11.6. The molecule has 0 N–H and O–H groups in total. The summed E-state index contributed by atoms with van der Waals surface area (Å²) in [6, 6.07) is 0. The highest BCUT2D eigenvalue weighted by molar-refractivity contribution is 5.06. The molecule has 1 aromatic heterocycles. The molecule has 0 amide bonds. The molecule has 132 valence electrons. The summed E-state index contributed by atoms with van der Waals surface area (Å²) in [5, 5.41) is 0. The van der Waals surface area contributed by atoms with Crippen LogP contribution in [-0.2, 0) is 5.41 Å². The second-order valence-corrected chi connectivity index (χ2v) is 9.34. The Morgan fingerprint density at radius 2 is 0.955 bits per heavy atom. The van der Waals surface area contributed by atoms with Gasteiger partial charge in [0.25, 0.3) is 0 Å². The Morgan fingerprint density at radius 1 is 0.636 bits per heavy atom. The average molecular weight is 311 g/mol. The molecular weight excluding hydrogens is 268 g/mol. The van der Waals surface area contributed by atoms with Crippen LogP contribution >= 0.6 is 0 Å². The highest BCUT2D eigenvalue weighted by Gasteiger charge is 2.14. The lowest BCUT2D eigenvalue weighted by Gasteiger charge is -2.15. The van der Waals surface area contributed by atoms with Crippen molar-refractivity contribution >= 4 is 0 Å². The van der Waals surface area contributed by atoms with Crippen LogP contribution in [0.3, 0.4) is 0 Å². The molecule has 0 saturated heterocycles. The third kappa shape index (κ3) is 36.5. The lowest BCUT2D eigenvalue weighted by atomic mass is 9.93. The summed E-state index contributed by atoms with van der Waals surface area (Å²) in [5.74, 6) is 0. The smallest absolute Gasteiger partial charge is 0.0640 e. The minimum absolute atomic E-state index is 0.119. The average Bonchev–Trinajstić information content (AvgIpc) is 2.27. The lowest BCUT2D eigenvalue weighted by molar-refractivity contribution is 0.469. The standard InChI is InChI=1S/C8H12N2.2C5H12.C2H6/c1-8(2,3)7-6-9-4-5-10-7;2*1-5(2,3)4;1-2/h4-6H,1-3H3;2*1-4H3;1-2H3. The molecule has 0 aromatic carbocycles. The topological polar surface area (TPSA) is 25.8 Å². The van der Waals surface area contributed by atoms with Gasteiger partial charge in [-0.2, -0.15) is 0 Å². The van der Waals surface area contributed by atoms with E-state index in [1.165, 1.54) is 0 Å². The first-order valence-electron chi connectivity index (χ1n) is 8.37. The van der Waals surface area contributed by atoms with Crippen LogP contribution in [0.2, 0.25) is 0 Å². The molecule has 0 aliphatic heterocycles. The number of hydrogen-bond acceptors (Lipinski definition) is 2. The van der Waals surface area contributed by atoms with E-state index < -0.39 is 0 Å². The van der Waals surface area contributed by atoms with Crippen molar-refractivity contribution in [2.45, 2.75) is 95.4 Å². The van der Waals surface area contributed by atoms with Gasteiger partial charge < -0.3 is 0 Å². The summed E-state index contributed by atoms with van der Waals surface area (Å²) in [7, 11) is 0. The Kier molecular flexibility index (Phi) is 13.7. The van der Waals surface area contributed by atoms with Gasteiger partial charge in [-0.1, -0.05) is 90.0 Å². The van der Waals surface area contributed by atoms with Gasteiger partial charge in [0.15, 0.2) is 0 Å². The number of rotatable bonds is 0. The maximum absolute atomic E-state index is 4.19. The van der Waals surface area contributed by atoms with Crippen LogP contribution in [0, 0.1) is 10.8 Å². The Morgan fingerprint density at radius 3 is 1.09 bits per heavy atom. The van der Waals surface area contributed by atoms with E-state index in [2.05, 4.69) is 86.1 Å². The van der Waals surface area contributed by atoms with Crippen molar-refractivity contribution in [1.29, 1.82) is 0 Å². The summed E-state index contributed by atoms with van der Waals surface area (Å²) in [4.78, 5) is 8.18. The molecule has 0 aliphatic carbocycles. The van der Waals surface area contributed by atoms with E-state index in [1.54, 1.807) is 18.6 Å². The molecular formula is C20H42N2. The maximum atomic E-state index is 4.19. The Balaban J connectivity index is -0.000000257. The largest absolute Gasteiger partial charge is 0.261 e. The molecule has 0 bridgehead atoms. The molecule has 0 atom stereocenters. The number of aromatic nitrogens is 2. The Hall–Kier alpha value is -0.920. The fourth-order valence-electron chi connectivity index (χ4n) is 0.686. The highest BCUT2D eigenvalue weighted by atomic mass is 14.8. The molecule has 0 fully saturated rings. The third-order valence-corrected chi connectivity index (χ3v) is 1.33. The molecule has 22 heavy (non-hydrogen) atoms. The fraction of sp³-hybridized carbons (Fsp3) is 0.800. The zero-order valence-corrected chi connectivity index (χ0v) is 17.6. The highest BCUT2D eigenvalue weighted by Crippen LogP contribution is 2.17. The monoisotopic (exact) mass is 310 g/mol. The predicted molar refractivity (Wildman–Crippen MR) is 102 cm³/mol. The Labute approximate surface area is 141 Å². The van der Waals surface area contributed by atoms with Gasteiger partial charge in [0.2, 0.25) is 0 Å². The van der Waals surface area contributed by atoms with E-state index in [9.17, 15) is 0 Å². The first-order valence-corrected chi connectivity index (χ1v) is 8.37. The molecule has 0 radical (unpaired) electrons. The van der Waals surface area contributed by atoms with Crippen LogP contribution in [0.15, 0.2) is 18.6 Å². The molecule has 1 heterocycles. The van der Waals surface area contributed by atoms with Crippen LogP contribution < -0.4 is 0 Å². The minimum Gasteiger partial charge on any atom is -0.261 e. The summed E-state index contributed by atoms with van der Waals surface area (Å²) < 4.78 is 0. The van der Waals surface area contributed by atoms with Gasteiger partial charge in [0.1, 0.15) is 0 Å². The van der Waals surface area contributed by atoms with E-state index in [4.69, 9.17) is 0 Å². The number of hydrogen-bond donors (Lipinski definition) is 0. The van der Waals surface area contributed by atoms with Crippen molar-refractivity contribution in [2.24, 2.45) is 10.8 Å². The van der Waals surface area contributed by atoms with Crippen LogP contribution in [0.25, 0.3) is 0 Å². The summed E-state index contributed by atoms with van der Waals surface area (Å²) in [6.45, 7) is 27.9. The maximum Gasteiger partial charge on any atom is 0.0640 e. The molecule has 1 aromatic rings. The van der Waals surface area contributed by atoms with Crippen molar-refractivity contribution in [2.75, 3.05) is 0 Å². The first kappa shape index (κ1) is 26.0. The van der Waals surface area contributed by atoms with E-state index in [0.29, 0.717) is 10.8 Å². The zero-order valence-electron chi connectivity index (χ0n) is 17.6. The first-order chi connectivity index (χ1) is 9.61. The van der Waals surface area contributed by atoms with Gasteiger partial charge >= 0.3 is 0 Å². The van der Waals surface area contributed by atoms with Gasteiger partial charge in [0, 0.05) is 24.0 Å². The zero-order chi connectivity index (χ0) is 18.6. The normalized spacial score (nSPS) is 11.0. The van der Waals surface area contributed by atoms with Crippen LogP contribution in [0.1, 0.15) is 95.7 Å². The molecule has 0 saturated carbocycles.